The zero-order chi connectivity index (χ0) is 16.0. The predicted molar refractivity (Wildman–Crippen MR) is 75.7 cm³/mol. The smallest absolute Gasteiger partial charge is 0.306 e. The third-order valence-corrected chi connectivity index (χ3v) is 3.72. The number of hydrogen-bond donors (Lipinski definition) is 2. The number of unbranched alkanes of at least 4 members (excludes halogenated alkanes) is 1. The number of rotatable bonds is 7. The summed E-state index contributed by atoms with van der Waals surface area (Å²) in [6.45, 7) is 8.71. The van der Waals surface area contributed by atoms with Crippen LogP contribution in [-0.2, 0) is 9.63 Å². The van der Waals surface area contributed by atoms with Gasteiger partial charge in [-0.25, -0.2) is 5.21 Å². The lowest BCUT2D eigenvalue weighted by atomic mass is 10.1. The fraction of sp³-hybridized carbons (Fsp3) is 0.929. The quantitative estimate of drug-likeness (QED) is 0.429. The van der Waals surface area contributed by atoms with E-state index in [2.05, 4.69) is 12.2 Å². The number of carbonyl (C=O) groups is 1. The molecule has 0 heterocycles. The van der Waals surface area contributed by atoms with Gasteiger partial charge in [-0.05, 0) is 40.0 Å². The number of hydrogen-bond acceptors (Lipinski definition) is 3. The summed E-state index contributed by atoms with van der Waals surface area (Å²) in [7, 11) is 0. The van der Waals surface area contributed by atoms with E-state index >= 15 is 0 Å². The molecule has 0 unspecified atom stereocenters. The third-order valence-electron chi connectivity index (χ3n) is 3.72. The van der Waals surface area contributed by atoms with Crippen molar-refractivity contribution in [2.45, 2.75) is 71.4 Å². The van der Waals surface area contributed by atoms with Crippen LogP contribution < -0.4 is 0 Å². The number of carboxylic acids is 1. The molecule has 0 radical (unpaired) electrons. The van der Waals surface area contributed by atoms with Gasteiger partial charge < -0.3 is 9.94 Å². The summed E-state index contributed by atoms with van der Waals surface area (Å²) in [4.78, 5) is 16.9. The molecule has 0 spiro atoms. The van der Waals surface area contributed by atoms with E-state index in [1.165, 1.54) is 0 Å². The zero-order valence-electron chi connectivity index (χ0n) is 13.4. The van der Waals surface area contributed by atoms with Crippen LogP contribution in [0.3, 0.4) is 0 Å². The fourth-order valence-corrected chi connectivity index (χ4v) is 2.41. The first kappa shape index (κ1) is 17.5. The molecule has 2 N–H and O–H groups in total. The highest BCUT2D eigenvalue weighted by molar-refractivity contribution is 5.70. The van der Waals surface area contributed by atoms with Crippen LogP contribution in [0.15, 0.2) is 5.28 Å². The molecule has 1 fully saturated rings. The minimum atomic E-state index is -0.791. The van der Waals surface area contributed by atoms with Gasteiger partial charge in [-0.1, -0.05) is 13.3 Å². The molecule has 21 heavy (non-hydrogen) atoms. The minimum absolute atomic E-state index is 0.242. The number of hydrazine groups is 1. The molecule has 1 saturated carbocycles. The van der Waals surface area contributed by atoms with Gasteiger partial charge in [0.05, 0.1) is 18.0 Å². The summed E-state index contributed by atoms with van der Waals surface area (Å²) < 4.78 is 0. The van der Waals surface area contributed by atoms with Crippen LogP contribution in [0.5, 0.6) is 0 Å². The van der Waals surface area contributed by atoms with Gasteiger partial charge in [0.15, 0.2) is 0 Å². The summed E-state index contributed by atoms with van der Waals surface area (Å²) >= 11 is 0. The first-order chi connectivity index (χ1) is 9.75. The van der Waals surface area contributed by atoms with Crippen LogP contribution >= 0.6 is 0 Å². The Morgan fingerprint density at radius 3 is 2.57 bits per heavy atom. The molecule has 7 nitrogen and oxygen atoms in total. The van der Waals surface area contributed by atoms with Crippen LogP contribution in [0.1, 0.15) is 59.8 Å². The summed E-state index contributed by atoms with van der Waals surface area (Å²) in [5.74, 6) is -1.16. The Kier molecular flexibility index (Phi) is 6.23. The topological polar surface area (TPSA) is 85.4 Å². The van der Waals surface area contributed by atoms with E-state index in [9.17, 15) is 10.0 Å². The van der Waals surface area contributed by atoms with Crippen molar-refractivity contribution in [3.05, 3.63) is 0 Å². The Balaban J connectivity index is 2.59. The largest absolute Gasteiger partial charge is 0.481 e. The average molecular weight is 302 g/mol. The lowest BCUT2D eigenvalue weighted by Crippen LogP contribution is -2.47. The highest BCUT2D eigenvalue weighted by atomic mass is 16.7. The fourth-order valence-electron chi connectivity index (χ4n) is 2.41. The highest BCUT2D eigenvalue weighted by Gasteiger charge is 2.35. The number of aliphatic carboxylic acids is 1. The Morgan fingerprint density at radius 2 is 2.10 bits per heavy atom. The van der Waals surface area contributed by atoms with Gasteiger partial charge in [0.1, 0.15) is 6.10 Å². The molecule has 0 aliphatic heterocycles. The van der Waals surface area contributed by atoms with Gasteiger partial charge in [0, 0.05) is 6.42 Å². The monoisotopic (exact) mass is 302 g/mol. The normalized spacial score (nSPS) is 23.1. The molecule has 1 aliphatic rings. The van der Waals surface area contributed by atoms with E-state index in [0.29, 0.717) is 25.8 Å². The van der Waals surface area contributed by atoms with Crippen LogP contribution in [0, 0.1) is 5.92 Å². The average Bonchev–Trinajstić information content (AvgIpc) is 2.84. The van der Waals surface area contributed by atoms with Gasteiger partial charge in [-0.3, -0.25) is 4.79 Å². The first-order valence-electron chi connectivity index (χ1n) is 7.61. The van der Waals surface area contributed by atoms with Gasteiger partial charge >= 0.3 is 5.97 Å². The molecule has 0 bridgehead atoms. The lowest BCUT2D eigenvalue weighted by molar-refractivity contribution is -0.949. The maximum Gasteiger partial charge on any atom is 0.306 e. The van der Waals surface area contributed by atoms with Crippen LogP contribution in [0.25, 0.3) is 0 Å². The number of nitrogens with zero attached hydrogens (tertiary/aromatic N) is 3. The van der Waals surface area contributed by atoms with Crippen molar-refractivity contribution in [2.75, 3.05) is 6.54 Å². The zero-order valence-corrected chi connectivity index (χ0v) is 13.4. The van der Waals surface area contributed by atoms with Crippen molar-refractivity contribution < 1.29 is 24.9 Å². The maximum absolute atomic E-state index is 10.9. The van der Waals surface area contributed by atoms with Crippen LogP contribution in [0.4, 0.5) is 0 Å². The van der Waals surface area contributed by atoms with Crippen molar-refractivity contribution in [3.8, 4) is 0 Å². The van der Waals surface area contributed by atoms with Crippen molar-refractivity contribution in [3.63, 3.8) is 0 Å². The van der Waals surface area contributed by atoms with E-state index in [0.717, 1.165) is 17.8 Å². The first-order valence-corrected chi connectivity index (χ1v) is 7.61. The second kappa shape index (κ2) is 7.47. The highest BCUT2D eigenvalue weighted by Crippen LogP contribution is 2.28. The third kappa shape index (κ3) is 5.40. The predicted octanol–water partition coefficient (Wildman–Crippen LogP) is 2.84. The lowest BCUT2D eigenvalue weighted by Gasteiger charge is -2.26. The summed E-state index contributed by atoms with van der Waals surface area (Å²) in [6.07, 6.45) is 3.41. The van der Waals surface area contributed by atoms with E-state index in [1.807, 2.05) is 20.8 Å². The molecule has 0 aromatic rings. The van der Waals surface area contributed by atoms with Crippen molar-refractivity contribution in [1.82, 2.24) is 5.01 Å². The molecule has 1 rings (SSSR count). The SMILES string of the molecule is CCCCN(/[N+](O)=N/O[C@@H]1CC[C@@H](C(=O)O)C1)C(C)(C)C. The van der Waals surface area contributed by atoms with Crippen molar-refractivity contribution in [1.29, 1.82) is 0 Å². The molecule has 122 valence electrons. The minimum Gasteiger partial charge on any atom is -0.481 e. The summed E-state index contributed by atoms with van der Waals surface area (Å²) in [5, 5.41) is 24.5. The van der Waals surface area contributed by atoms with E-state index < -0.39 is 5.97 Å². The van der Waals surface area contributed by atoms with Crippen LogP contribution in [0.2, 0.25) is 0 Å². The van der Waals surface area contributed by atoms with E-state index in [4.69, 9.17) is 9.94 Å². The van der Waals surface area contributed by atoms with Gasteiger partial charge in [-0.2, -0.15) is 0 Å². The van der Waals surface area contributed by atoms with E-state index in [1.54, 1.807) is 5.01 Å². The molecule has 0 amide bonds. The Labute approximate surface area is 126 Å². The second-order valence-corrected chi connectivity index (χ2v) is 6.57. The number of carboxylic acid groups (broad SMARTS) is 1. The summed E-state index contributed by atoms with van der Waals surface area (Å²) in [6, 6.07) is 0. The molecule has 0 saturated heterocycles. The summed E-state index contributed by atoms with van der Waals surface area (Å²) in [5.41, 5.74) is -0.282. The Hall–Kier alpha value is -1.53. The molecule has 7 heteroatoms. The van der Waals surface area contributed by atoms with Crippen LogP contribution in [-0.4, -0.2) is 44.4 Å². The van der Waals surface area contributed by atoms with Crippen molar-refractivity contribution in [2.24, 2.45) is 11.2 Å². The second-order valence-electron chi connectivity index (χ2n) is 6.57. The van der Waals surface area contributed by atoms with Crippen molar-refractivity contribution >= 4 is 5.97 Å². The molecular formula is C14H28N3O4+. The standard InChI is InChI=1S/C14H27N3O4/c1-5-6-9-16(14(2,3)4)17(20)15-21-12-8-7-11(10-12)13(18)19/h11-12H,5-10H2,1-4H3,(H-,15,18,19,20)/p+1/t11-,12-/m1/s1. The van der Waals surface area contributed by atoms with Gasteiger partial charge in [0.2, 0.25) is 0 Å². The maximum atomic E-state index is 10.9. The Morgan fingerprint density at radius 1 is 1.43 bits per heavy atom. The molecular weight excluding hydrogens is 274 g/mol. The van der Waals surface area contributed by atoms with Gasteiger partial charge in [-0.15, -0.1) is 5.01 Å². The molecule has 0 aromatic heterocycles. The molecule has 1 aliphatic carbocycles. The molecule has 2 atom stereocenters. The molecule has 0 aromatic carbocycles. The van der Waals surface area contributed by atoms with E-state index in [-0.39, 0.29) is 17.6 Å². The van der Waals surface area contributed by atoms with Gasteiger partial charge in [0.25, 0.3) is 10.2 Å². The Bertz CT molecular complexity index is 379.